The number of piperazine rings is 1. The van der Waals surface area contributed by atoms with Crippen molar-refractivity contribution >= 4 is 11.9 Å². The summed E-state index contributed by atoms with van der Waals surface area (Å²) >= 11 is 0. The summed E-state index contributed by atoms with van der Waals surface area (Å²) in [6, 6.07) is -0.473. The summed E-state index contributed by atoms with van der Waals surface area (Å²) in [4.78, 5) is 26.8. The first-order valence-corrected chi connectivity index (χ1v) is 7.44. The average Bonchev–Trinajstić information content (AvgIpc) is 2.97. The van der Waals surface area contributed by atoms with Crippen LogP contribution >= 0.6 is 0 Å². The molecule has 2 fully saturated rings. The van der Waals surface area contributed by atoms with Gasteiger partial charge in [0, 0.05) is 39.2 Å². The Balaban J connectivity index is 1.69. The van der Waals surface area contributed by atoms with Crippen molar-refractivity contribution in [2.75, 3.05) is 32.8 Å². The van der Waals surface area contributed by atoms with Gasteiger partial charge in [-0.25, -0.2) is 0 Å². The molecule has 0 radical (unpaired) electrons. The summed E-state index contributed by atoms with van der Waals surface area (Å²) < 4.78 is 5.52. The Morgan fingerprint density at radius 3 is 2.55 bits per heavy atom. The molecule has 0 spiro atoms. The molecular weight excluding hydrogens is 260 g/mol. The lowest BCUT2D eigenvalue weighted by atomic mass is 10.1. The molecule has 2 unspecified atom stereocenters. The third-order valence-electron chi connectivity index (χ3n) is 4.28. The molecule has 2 aliphatic heterocycles. The number of nitrogens with zero attached hydrogens (tertiary/aromatic N) is 2. The lowest BCUT2D eigenvalue weighted by Gasteiger charge is -2.36. The van der Waals surface area contributed by atoms with Gasteiger partial charge < -0.3 is 14.7 Å². The van der Waals surface area contributed by atoms with Crippen molar-refractivity contribution in [2.45, 2.75) is 44.8 Å². The maximum Gasteiger partial charge on any atom is 0.320 e. The fourth-order valence-electron chi connectivity index (χ4n) is 2.83. The van der Waals surface area contributed by atoms with Crippen molar-refractivity contribution in [3.63, 3.8) is 0 Å². The van der Waals surface area contributed by atoms with Crippen LogP contribution in [0.25, 0.3) is 0 Å². The molecule has 0 aliphatic carbocycles. The van der Waals surface area contributed by atoms with Gasteiger partial charge in [-0.3, -0.25) is 14.5 Å². The lowest BCUT2D eigenvalue weighted by molar-refractivity contribution is -0.144. The zero-order valence-electron chi connectivity index (χ0n) is 12.1. The predicted molar refractivity (Wildman–Crippen MR) is 73.5 cm³/mol. The number of carbonyl (C=O) groups is 2. The highest BCUT2D eigenvalue weighted by atomic mass is 16.5. The number of aliphatic carboxylic acids is 1. The van der Waals surface area contributed by atoms with Gasteiger partial charge in [-0.1, -0.05) is 0 Å². The molecule has 6 heteroatoms. The number of carboxylic acids is 1. The zero-order valence-corrected chi connectivity index (χ0v) is 12.1. The molecule has 0 aromatic rings. The topological polar surface area (TPSA) is 70.1 Å². The van der Waals surface area contributed by atoms with Crippen molar-refractivity contribution in [1.29, 1.82) is 0 Å². The molecule has 1 N–H and O–H groups in total. The number of ether oxygens (including phenoxy) is 1. The molecule has 6 nitrogen and oxygen atoms in total. The van der Waals surface area contributed by atoms with Crippen LogP contribution < -0.4 is 0 Å². The third-order valence-corrected chi connectivity index (χ3v) is 4.28. The van der Waals surface area contributed by atoms with E-state index < -0.39 is 12.0 Å². The number of hydrogen-bond donors (Lipinski definition) is 1. The van der Waals surface area contributed by atoms with Gasteiger partial charge in [-0.15, -0.1) is 0 Å². The summed E-state index contributed by atoms with van der Waals surface area (Å²) in [6.45, 7) is 5.05. The van der Waals surface area contributed by atoms with E-state index >= 15 is 0 Å². The molecular formula is C14H24N2O4. The molecule has 1 amide bonds. The molecule has 2 heterocycles. The number of carboxylic acid groups (broad SMARTS) is 1. The Labute approximate surface area is 119 Å². The average molecular weight is 284 g/mol. The monoisotopic (exact) mass is 284 g/mol. The second kappa shape index (κ2) is 7.04. The van der Waals surface area contributed by atoms with E-state index in [0.717, 1.165) is 25.9 Å². The molecule has 2 aliphatic rings. The number of carbonyl (C=O) groups excluding carboxylic acids is 1. The molecule has 0 saturated carbocycles. The van der Waals surface area contributed by atoms with E-state index in [0.29, 0.717) is 32.6 Å². The molecule has 0 aromatic heterocycles. The molecule has 0 aromatic carbocycles. The Kier molecular flexibility index (Phi) is 5.37. The van der Waals surface area contributed by atoms with E-state index in [1.54, 1.807) is 6.92 Å². The minimum Gasteiger partial charge on any atom is -0.480 e. The maximum atomic E-state index is 12.1. The second-order valence-electron chi connectivity index (χ2n) is 5.60. The van der Waals surface area contributed by atoms with Gasteiger partial charge in [-0.2, -0.15) is 0 Å². The second-order valence-corrected chi connectivity index (χ2v) is 5.60. The van der Waals surface area contributed by atoms with E-state index in [4.69, 9.17) is 9.84 Å². The summed E-state index contributed by atoms with van der Waals surface area (Å²) in [7, 11) is 0. The smallest absolute Gasteiger partial charge is 0.320 e. The highest BCUT2D eigenvalue weighted by molar-refractivity contribution is 5.76. The molecule has 0 bridgehead atoms. The van der Waals surface area contributed by atoms with Crippen molar-refractivity contribution < 1.29 is 19.4 Å². The largest absolute Gasteiger partial charge is 0.480 e. The van der Waals surface area contributed by atoms with Gasteiger partial charge in [0.1, 0.15) is 6.04 Å². The highest BCUT2D eigenvalue weighted by Crippen LogP contribution is 2.18. The first-order chi connectivity index (χ1) is 9.58. The van der Waals surface area contributed by atoms with Crippen LogP contribution in [0.1, 0.15) is 32.6 Å². The van der Waals surface area contributed by atoms with Crippen molar-refractivity contribution in [1.82, 2.24) is 9.80 Å². The van der Waals surface area contributed by atoms with E-state index in [1.165, 1.54) is 0 Å². The van der Waals surface area contributed by atoms with E-state index in [9.17, 15) is 9.59 Å². The Hall–Kier alpha value is -1.14. The van der Waals surface area contributed by atoms with Crippen LogP contribution in [0.3, 0.4) is 0 Å². The zero-order chi connectivity index (χ0) is 14.5. The standard InChI is InChI=1S/C14H24N2O4/c1-11(14(18)19)15-6-8-16(9-7-15)13(17)5-4-12-3-2-10-20-12/h11-12H,2-10H2,1H3,(H,18,19). The third kappa shape index (κ3) is 3.93. The number of amides is 1. The normalized spacial score (nSPS) is 25.6. The van der Waals surface area contributed by atoms with Crippen molar-refractivity contribution in [3.05, 3.63) is 0 Å². The quantitative estimate of drug-likeness (QED) is 0.799. The number of rotatable bonds is 5. The maximum absolute atomic E-state index is 12.1. The Morgan fingerprint density at radius 2 is 2.00 bits per heavy atom. The summed E-state index contributed by atoms with van der Waals surface area (Å²) in [5, 5.41) is 8.98. The molecule has 2 atom stereocenters. The van der Waals surface area contributed by atoms with E-state index in [1.807, 2.05) is 9.80 Å². The Bertz CT molecular complexity index is 347. The van der Waals surface area contributed by atoms with Gasteiger partial charge in [-0.05, 0) is 26.2 Å². The highest BCUT2D eigenvalue weighted by Gasteiger charge is 2.27. The number of hydrogen-bond acceptors (Lipinski definition) is 4. The molecule has 2 saturated heterocycles. The first kappa shape index (κ1) is 15.3. The fraction of sp³-hybridized carbons (Fsp3) is 0.857. The molecule has 20 heavy (non-hydrogen) atoms. The van der Waals surface area contributed by atoms with Crippen molar-refractivity contribution in [3.8, 4) is 0 Å². The molecule has 2 rings (SSSR count). The SMILES string of the molecule is CC(C(=O)O)N1CCN(C(=O)CCC2CCCO2)CC1. The summed E-state index contributed by atoms with van der Waals surface area (Å²) in [5.41, 5.74) is 0. The van der Waals surface area contributed by atoms with Crippen LogP contribution in [0.5, 0.6) is 0 Å². The summed E-state index contributed by atoms with van der Waals surface area (Å²) in [5.74, 6) is -0.633. The van der Waals surface area contributed by atoms with Crippen LogP contribution in [-0.4, -0.2) is 71.7 Å². The van der Waals surface area contributed by atoms with Gasteiger partial charge in [0.05, 0.1) is 6.10 Å². The minimum absolute atomic E-state index is 0.170. The van der Waals surface area contributed by atoms with Crippen LogP contribution in [0.15, 0.2) is 0 Å². The fourth-order valence-corrected chi connectivity index (χ4v) is 2.83. The van der Waals surface area contributed by atoms with Crippen molar-refractivity contribution in [2.24, 2.45) is 0 Å². The van der Waals surface area contributed by atoms with Crippen LogP contribution in [0, 0.1) is 0 Å². The lowest BCUT2D eigenvalue weighted by Crippen LogP contribution is -2.53. The van der Waals surface area contributed by atoms with Gasteiger partial charge in [0.25, 0.3) is 0 Å². The Morgan fingerprint density at radius 1 is 1.30 bits per heavy atom. The van der Waals surface area contributed by atoms with Gasteiger partial charge >= 0.3 is 5.97 Å². The molecule has 114 valence electrons. The van der Waals surface area contributed by atoms with Crippen LogP contribution in [0.4, 0.5) is 0 Å². The van der Waals surface area contributed by atoms with E-state index in [-0.39, 0.29) is 12.0 Å². The minimum atomic E-state index is -0.803. The van der Waals surface area contributed by atoms with E-state index in [2.05, 4.69) is 0 Å². The predicted octanol–water partition coefficient (Wildman–Crippen LogP) is 0.563. The van der Waals surface area contributed by atoms with Crippen LogP contribution in [-0.2, 0) is 14.3 Å². The summed E-state index contributed by atoms with van der Waals surface area (Å²) in [6.07, 6.45) is 3.78. The van der Waals surface area contributed by atoms with Gasteiger partial charge in [0.2, 0.25) is 5.91 Å². The first-order valence-electron chi connectivity index (χ1n) is 7.44. The van der Waals surface area contributed by atoms with Crippen LogP contribution in [0.2, 0.25) is 0 Å². The van der Waals surface area contributed by atoms with Gasteiger partial charge in [0.15, 0.2) is 0 Å².